The lowest BCUT2D eigenvalue weighted by Gasteiger charge is -2.10. The number of halogens is 8. The summed E-state index contributed by atoms with van der Waals surface area (Å²) in [7, 11) is 0. The molecule has 0 aliphatic heterocycles. The van der Waals surface area contributed by atoms with Crippen LogP contribution in [0.5, 0.6) is 0 Å². The Kier molecular flexibility index (Phi) is 6.24. The van der Waals surface area contributed by atoms with E-state index >= 15 is 0 Å². The molecule has 2 heterocycles. The van der Waals surface area contributed by atoms with Crippen LogP contribution in [-0.2, 0) is 4.74 Å². The second-order valence-corrected chi connectivity index (χ2v) is 6.81. The SMILES string of the molecule is O=C(c1ccccc1)c1ccc2nc(/N=C(/F)OC(F)F)c(-c3c(F)c(F)c(F)c(F)c3F)n2c1. The van der Waals surface area contributed by atoms with Crippen LogP contribution < -0.4 is 0 Å². The van der Waals surface area contributed by atoms with Gasteiger partial charge in [-0.2, -0.15) is 13.8 Å². The van der Waals surface area contributed by atoms with Crippen LogP contribution in [0.25, 0.3) is 16.9 Å². The van der Waals surface area contributed by atoms with Gasteiger partial charge in [-0.1, -0.05) is 30.3 Å². The molecule has 0 bridgehead atoms. The number of rotatable bonds is 5. The number of benzene rings is 2. The standard InChI is InChI=1S/C22H9F8N3O2/c23-13-12(14(24)16(26)17(27)15(13)25)18-20(32-22(30)35-21(28)29)31-11-7-6-10(8-33(11)18)19(34)9-4-2-1-3-5-9/h1-8,21H/b32-22-. The number of aliphatic imine (C=N–C) groups is 1. The maximum absolute atomic E-state index is 14.6. The Morgan fingerprint density at radius 1 is 0.857 bits per heavy atom. The molecule has 0 unspecified atom stereocenters. The summed E-state index contributed by atoms with van der Waals surface area (Å²) in [6.07, 6.45) is -1.26. The zero-order chi connectivity index (χ0) is 25.4. The van der Waals surface area contributed by atoms with Crippen molar-refractivity contribution in [2.24, 2.45) is 4.99 Å². The van der Waals surface area contributed by atoms with Crippen LogP contribution in [-0.4, -0.2) is 27.9 Å². The van der Waals surface area contributed by atoms with Crippen molar-refractivity contribution in [1.82, 2.24) is 9.38 Å². The van der Waals surface area contributed by atoms with Crippen LogP contribution in [0.2, 0.25) is 0 Å². The smallest absolute Gasteiger partial charge is 0.390 e. The van der Waals surface area contributed by atoms with Gasteiger partial charge in [-0.15, -0.1) is 4.39 Å². The van der Waals surface area contributed by atoms with Gasteiger partial charge in [0.05, 0.1) is 5.56 Å². The fourth-order valence-electron chi connectivity index (χ4n) is 3.23. The third kappa shape index (κ3) is 4.32. The summed E-state index contributed by atoms with van der Waals surface area (Å²) in [5, 5.41) is 0. The zero-order valence-electron chi connectivity index (χ0n) is 16.9. The molecule has 0 saturated carbocycles. The van der Waals surface area contributed by atoms with Crippen LogP contribution in [0.3, 0.4) is 0 Å². The largest absolute Gasteiger partial charge is 0.393 e. The predicted octanol–water partition coefficient (Wildman–Crippen LogP) is 6.12. The van der Waals surface area contributed by atoms with Gasteiger partial charge in [-0.05, 0) is 12.1 Å². The summed E-state index contributed by atoms with van der Waals surface area (Å²) in [5.74, 6) is -13.4. The molecular weight excluding hydrogens is 490 g/mol. The van der Waals surface area contributed by atoms with Gasteiger partial charge in [0.25, 0.3) is 0 Å². The highest BCUT2D eigenvalue weighted by Gasteiger charge is 2.31. The lowest BCUT2D eigenvalue weighted by Crippen LogP contribution is -2.07. The van der Waals surface area contributed by atoms with E-state index in [0.717, 1.165) is 12.3 Å². The van der Waals surface area contributed by atoms with Gasteiger partial charge in [0, 0.05) is 17.3 Å². The van der Waals surface area contributed by atoms with E-state index in [1.807, 2.05) is 0 Å². The summed E-state index contributed by atoms with van der Waals surface area (Å²) in [4.78, 5) is 19.5. The van der Waals surface area contributed by atoms with Gasteiger partial charge in [0.1, 0.15) is 11.3 Å². The van der Waals surface area contributed by atoms with Crippen LogP contribution in [0, 0.1) is 29.1 Å². The number of aromatic nitrogens is 2. The van der Waals surface area contributed by atoms with E-state index < -0.39 is 64.7 Å². The molecule has 0 aliphatic carbocycles. The molecule has 0 amide bonds. The minimum Gasteiger partial charge on any atom is -0.393 e. The summed E-state index contributed by atoms with van der Waals surface area (Å²) < 4.78 is 113. The fraction of sp³-hybridized carbons (Fsp3) is 0.0455. The van der Waals surface area contributed by atoms with Gasteiger partial charge in [0.15, 0.2) is 34.9 Å². The number of hydrogen-bond acceptors (Lipinski definition) is 4. The molecule has 0 saturated heterocycles. The van der Waals surface area contributed by atoms with Gasteiger partial charge >= 0.3 is 12.8 Å². The lowest BCUT2D eigenvalue weighted by atomic mass is 10.0. The van der Waals surface area contributed by atoms with Crippen molar-refractivity contribution in [2.75, 3.05) is 0 Å². The number of hydrogen-bond donors (Lipinski definition) is 0. The Morgan fingerprint density at radius 2 is 1.46 bits per heavy atom. The summed E-state index contributed by atoms with van der Waals surface area (Å²) in [6, 6.07) is 9.99. The molecule has 2 aromatic carbocycles. The second-order valence-electron chi connectivity index (χ2n) is 6.81. The number of ether oxygens (including phenoxy) is 1. The molecule has 0 radical (unpaired) electrons. The Hall–Kier alpha value is -4.29. The second kappa shape index (κ2) is 9.16. The topological polar surface area (TPSA) is 56.0 Å². The highest BCUT2D eigenvalue weighted by molar-refractivity contribution is 6.09. The number of pyridine rings is 1. The van der Waals surface area contributed by atoms with Gasteiger partial charge in [0.2, 0.25) is 5.82 Å². The molecular formula is C22H9F8N3O2. The Balaban J connectivity index is 2.03. The van der Waals surface area contributed by atoms with Crippen LogP contribution in [0.1, 0.15) is 15.9 Å². The monoisotopic (exact) mass is 499 g/mol. The minimum absolute atomic E-state index is 0.119. The number of alkyl halides is 2. The van der Waals surface area contributed by atoms with E-state index in [0.29, 0.717) is 4.40 Å². The maximum Gasteiger partial charge on any atom is 0.390 e. The van der Waals surface area contributed by atoms with Crippen LogP contribution in [0.15, 0.2) is 53.7 Å². The highest BCUT2D eigenvalue weighted by atomic mass is 19.3. The van der Waals surface area contributed by atoms with Crippen LogP contribution >= 0.6 is 0 Å². The number of ketones is 1. The van der Waals surface area contributed by atoms with Gasteiger partial charge < -0.3 is 4.74 Å². The van der Waals surface area contributed by atoms with E-state index in [4.69, 9.17) is 0 Å². The summed E-state index contributed by atoms with van der Waals surface area (Å²) >= 11 is 0. The van der Waals surface area contributed by atoms with E-state index in [2.05, 4.69) is 14.7 Å². The number of fused-ring (bicyclic) bond motifs is 1. The summed E-state index contributed by atoms with van der Waals surface area (Å²) in [6.45, 7) is -3.68. The molecule has 13 heteroatoms. The molecule has 180 valence electrons. The molecule has 0 atom stereocenters. The van der Waals surface area contributed by atoms with Crippen molar-refractivity contribution >= 4 is 23.4 Å². The number of carbonyl (C=O) groups is 1. The van der Waals surface area contributed by atoms with Crippen molar-refractivity contribution in [3.05, 3.63) is 88.9 Å². The molecule has 35 heavy (non-hydrogen) atoms. The first kappa shape index (κ1) is 23.9. The first-order valence-electron chi connectivity index (χ1n) is 9.42. The molecule has 0 N–H and O–H groups in total. The Bertz CT molecular complexity index is 1460. The normalized spacial score (nSPS) is 12.0. The lowest BCUT2D eigenvalue weighted by molar-refractivity contribution is -0.0688. The molecule has 4 aromatic rings. The minimum atomic E-state index is -3.68. The first-order valence-corrected chi connectivity index (χ1v) is 9.42. The number of imidazole rings is 1. The van der Waals surface area contributed by atoms with Gasteiger partial charge in [-0.25, -0.2) is 26.9 Å². The van der Waals surface area contributed by atoms with E-state index in [1.165, 1.54) is 18.2 Å². The zero-order valence-corrected chi connectivity index (χ0v) is 16.9. The first-order chi connectivity index (χ1) is 16.6. The third-order valence-corrected chi connectivity index (χ3v) is 4.73. The van der Waals surface area contributed by atoms with Crippen molar-refractivity contribution in [3.8, 4) is 11.3 Å². The van der Waals surface area contributed by atoms with Crippen LogP contribution in [0.4, 0.5) is 40.9 Å². The average molecular weight is 499 g/mol. The number of carbonyl (C=O) groups excluding carboxylic acids is 1. The molecule has 5 nitrogen and oxygen atoms in total. The number of nitrogens with zero attached hydrogens (tertiary/aromatic N) is 3. The predicted molar refractivity (Wildman–Crippen MR) is 106 cm³/mol. The van der Waals surface area contributed by atoms with Crippen molar-refractivity contribution in [1.29, 1.82) is 0 Å². The maximum atomic E-state index is 14.6. The Labute approximate surface area is 189 Å². The van der Waals surface area contributed by atoms with Gasteiger partial charge in [-0.3, -0.25) is 9.20 Å². The Morgan fingerprint density at radius 3 is 2.06 bits per heavy atom. The molecule has 0 aliphatic rings. The van der Waals surface area contributed by atoms with Crippen molar-refractivity contribution in [2.45, 2.75) is 6.61 Å². The molecule has 4 rings (SSSR count). The van der Waals surface area contributed by atoms with E-state index in [-0.39, 0.29) is 16.8 Å². The van der Waals surface area contributed by atoms with E-state index in [1.54, 1.807) is 18.2 Å². The van der Waals surface area contributed by atoms with E-state index in [9.17, 15) is 39.9 Å². The average Bonchev–Trinajstić information content (AvgIpc) is 3.17. The molecule has 0 spiro atoms. The quantitative estimate of drug-likeness (QED) is 0.0830. The third-order valence-electron chi connectivity index (χ3n) is 4.73. The van der Waals surface area contributed by atoms with Crippen molar-refractivity contribution in [3.63, 3.8) is 0 Å². The molecule has 0 fully saturated rings. The fourth-order valence-corrected chi connectivity index (χ4v) is 3.23. The summed E-state index contributed by atoms with van der Waals surface area (Å²) in [5.41, 5.74) is -2.81. The molecule has 2 aromatic heterocycles. The van der Waals surface area contributed by atoms with Crippen molar-refractivity contribution < 1.29 is 44.7 Å². The highest BCUT2D eigenvalue weighted by Crippen LogP contribution is 2.38.